The molecular formula is C14H11ClO2. The smallest absolute Gasteiger partial charge is 0.150 e. The number of carbonyl (C=O) groups is 1. The second-order valence-corrected chi connectivity index (χ2v) is 4.08. The van der Waals surface area contributed by atoms with Gasteiger partial charge in [0.2, 0.25) is 0 Å². The van der Waals surface area contributed by atoms with Crippen molar-refractivity contribution in [3.63, 3.8) is 0 Å². The molecule has 0 spiro atoms. The number of benzene rings is 2. The first kappa shape index (κ1) is 11.7. The third-order valence-corrected chi connectivity index (χ3v) is 2.70. The summed E-state index contributed by atoms with van der Waals surface area (Å²) < 4.78 is 5.69. The van der Waals surface area contributed by atoms with E-state index in [0.717, 1.165) is 11.8 Å². The van der Waals surface area contributed by atoms with Crippen LogP contribution in [-0.2, 0) is 0 Å². The zero-order valence-electron chi connectivity index (χ0n) is 9.31. The van der Waals surface area contributed by atoms with E-state index in [9.17, 15) is 4.79 Å². The summed E-state index contributed by atoms with van der Waals surface area (Å²) in [4.78, 5) is 10.6. The van der Waals surface area contributed by atoms with E-state index in [1.165, 1.54) is 0 Å². The van der Waals surface area contributed by atoms with Gasteiger partial charge in [-0.2, -0.15) is 0 Å². The van der Waals surface area contributed by atoms with Crippen LogP contribution in [0.15, 0.2) is 42.5 Å². The van der Waals surface area contributed by atoms with E-state index in [1.807, 2.05) is 19.1 Å². The maximum atomic E-state index is 10.6. The fourth-order valence-corrected chi connectivity index (χ4v) is 1.68. The Kier molecular flexibility index (Phi) is 3.45. The lowest BCUT2D eigenvalue weighted by Crippen LogP contribution is -1.90. The predicted molar refractivity (Wildman–Crippen MR) is 68.1 cm³/mol. The standard InChI is InChI=1S/C14H11ClO2/c1-10-8-11(9-16)6-7-13(10)17-14-5-3-2-4-12(14)15/h2-9H,1H3. The van der Waals surface area contributed by atoms with Crippen molar-refractivity contribution in [2.24, 2.45) is 0 Å². The summed E-state index contributed by atoms with van der Waals surface area (Å²) in [5.41, 5.74) is 1.53. The van der Waals surface area contributed by atoms with Gasteiger partial charge in [0.05, 0.1) is 5.02 Å². The molecule has 0 bridgehead atoms. The number of carbonyl (C=O) groups excluding carboxylic acids is 1. The number of hydrogen-bond donors (Lipinski definition) is 0. The molecule has 0 aliphatic carbocycles. The van der Waals surface area contributed by atoms with Crippen molar-refractivity contribution >= 4 is 17.9 Å². The van der Waals surface area contributed by atoms with Crippen LogP contribution >= 0.6 is 11.6 Å². The summed E-state index contributed by atoms with van der Waals surface area (Å²) in [6.45, 7) is 1.89. The highest BCUT2D eigenvalue weighted by Gasteiger charge is 2.05. The van der Waals surface area contributed by atoms with E-state index in [2.05, 4.69) is 0 Å². The number of hydrogen-bond acceptors (Lipinski definition) is 2. The molecule has 0 radical (unpaired) electrons. The number of rotatable bonds is 3. The Bertz CT molecular complexity index is 550. The van der Waals surface area contributed by atoms with Gasteiger partial charge in [0.1, 0.15) is 17.8 Å². The Labute approximate surface area is 105 Å². The molecule has 0 heterocycles. The third-order valence-electron chi connectivity index (χ3n) is 2.39. The van der Waals surface area contributed by atoms with Gasteiger partial charge in [-0.3, -0.25) is 4.79 Å². The average molecular weight is 247 g/mol. The molecular weight excluding hydrogens is 236 g/mol. The maximum Gasteiger partial charge on any atom is 0.150 e. The van der Waals surface area contributed by atoms with Crippen molar-refractivity contribution in [1.82, 2.24) is 0 Å². The second-order valence-electron chi connectivity index (χ2n) is 3.68. The van der Waals surface area contributed by atoms with Crippen LogP contribution in [0.2, 0.25) is 5.02 Å². The first-order valence-electron chi connectivity index (χ1n) is 5.19. The molecule has 2 aromatic rings. The summed E-state index contributed by atoms with van der Waals surface area (Å²) in [6, 6.07) is 12.5. The number of aryl methyl sites for hydroxylation is 1. The van der Waals surface area contributed by atoms with Gasteiger partial charge in [-0.1, -0.05) is 23.7 Å². The highest BCUT2D eigenvalue weighted by Crippen LogP contribution is 2.30. The van der Waals surface area contributed by atoms with E-state index in [1.54, 1.807) is 30.3 Å². The van der Waals surface area contributed by atoms with Crippen LogP contribution in [-0.4, -0.2) is 6.29 Å². The molecule has 0 atom stereocenters. The monoisotopic (exact) mass is 246 g/mol. The van der Waals surface area contributed by atoms with E-state index >= 15 is 0 Å². The number of aldehydes is 1. The van der Waals surface area contributed by atoms with Crippen LogP contribution in [0, 0.1) is 6.92 Å². The Balaban J connectivity index is 2.31. The van der Waals surface area contributed by atoms with E-state index < -0.39 is 0 Å². The molecule has 0 amide bonds. The highest BCUT2D eigenvalue weighted by atomic mass is 35.5. The number of ether oxygens (including phenoxy) is 1. The lowest BCUT2D eigenvalue weighted by Gasteiger charge is -2.10. The minimum Gasteiger partial charge on any atom is -0.456 e. The Morgan fingerprint density at radius 2 is 1.88 bits per heavy atom. The van der Waals surface area contributed by atoms with Crippen LogP contribution in [0.5, 0.6) is 11.5 Å². The zero-order valence-corrected chi connectivity index (χ0v) is 10.1. The highest BCUT2D eigenvalue weighted by molar-refractivity contribution is 6.32. The Morgan fingerprint density at radius 3 is 2.53 bits per heavy atom. The molecule has 2 aromatic carbocycles. The largest absolute Gasteiger partial charge is 0.456 e. The topological polar surface area (TPSA) is 26.3 Å². The minimum atomic E-state index is 0.561. The molecule has 0 aliphatic heterocycles. The zero-order chi connectivity index (χ0) is 12.3. The molecule has 0 saturated carbocycles. The summed E-state index contributed by atoms with van der Waals surface area (Å²) in [5.74, 6) is 1.31. The fraction of sp³-hybridized carbons (Fsp3) is 0.0714. The Morgan fingerprint density at radius 1 is 1.12 bits per heavy atom. The second kappa shape index (κ2) is 5.02. The molecule has 0 fully saturated rings. The van der Waals surface area contributed by atoms with Crippen LogP contribution < -0.4 is 4.74 Å². The van der Waals surface area contributed by atoms with Crippen molar-refractivity contribution in [2.45, 2.75) is 6.92 Å². The summed E-state index contributed by atoms with van der Waals surface area (Å²) >= 11 is 6.00. The number of para-hydroxylation sites is 1. The number of halogens is 1. The van der Waals surface area contributed by atoms with Gasteiger partial charge in [0.15, 0.2) is 0 Å². The molecule has 17 heavy (non-hydrogen) atoms. The molecule has 86 valence electrons. The summed E-state index contributed by atoms with van der Waals surface area (Å²) in [6.07, 6.45) is 0.812. The van der Waals surface area contributed by atoms with Crippen LogP contribution in [0.1, 0.15) is 15.9 Å². The molecule has 0 unspecified atom stereocenters. The lowest BCUT2D eigenvalue weighted by atomic mass is 10.1. The van der Waals surface area contributed by atoms with Crippen molar-refractivity contribution in [3.8, 4) is 11.5 Å². The first-order chi connectivity index (χ1) is 8.20. The lowest BCUT2D eigenvalue weighted by molar-refractivity contribution is 0.112. The maximum absolute atomic E-state index is 10.6. The van der Waals surface area contributed by atoms with Gasteiger partial charge in [-0.15, -0.1) is 0 Å². The van der Waals surface area contributed by atoms with Gasteiger partial charge in [0, 0.05) is 5.56 Å². The van der Waals surface area contributed by atoms with Gasteiger partial charge < -0.3 is 4.74 Å². The van der Waals surface area contributed by atoms with Gasteiger partial charge in [-0.05, 0) is 42.8 Å². The normalized spacial score (nSPS) is 10.0. The first-order valence-corrected chi connectivity index (χ1v) is 5.56. The molecule has 0 N–H and O–H groups in total. The predicted octanol–water partition coefficient (Wildman–Crippen LogP) is 4.25. The van der Waals surface area contributed by atoms with Crippen molar-refractivity contribution in [3.05, 3.63) is 58.6 Å². The Hall–Kier alpha value is -1.80. The van der Waals surface area contributed by atoms with E-state index in [0.29, 0.717) is 22.1 Å². The average Bonchev–Trinajstić information content (AvgIpc) is 2.34. The third kappa shape index (κ3) is 2.66. The van der Waals surface area contributed by atoms with E-state index in [4.69, 9.17) is 16.3 Å². The van der Waals surface area contributed by atoms with Crippen LogP contribution in [0.4, 0.5) is 0 Å². The molecule has 2 nitrogen and oxygen atoms in total. The molecule has 2 rings (SSSR count). The van der Waals surface area contributed by atoms with Crippen LogP contribution in [0.25, 0.3) is 0 Å². The molecule has 0 aliphatic rings. The SMILES string of the molecule is Cc1cc(C=O)ccc1Oc1ccccc1Cl. The van der Waals surface area contributed by atoms with Gasteiger partial charge in [0.25, 0.3) is 0 Å². The summed E-state index contributed by atoms with van der Waals surface area (Å²) in [7, 11) is 0. The molecule has 3 heteroatoms. The van der Waals surface area contributed by atoms with E-state index in [-0.39, 0.29) is 0 Å². The van der Waals surface area contributed by atoms with Crippen molar-refractivity contribution in [2.75, 3.05) is 0 Å². The van der Waals surface area contributed by atoms with Crippen LogP contribution in [0.3, 0.4) is 0 Å². The minimum absolute atomic E-state index is 0.561. The quantitative estimate of drug-likeness (QED) is 0.757. The molecule has 0 saturated heterocycles. The van der Waals surface area contributed by atoms with Gasteiger partial charge in [-0.25, -0.2) is 0 Å². The summed E-state index contributed by atoms with van der Waals surface area (Å²) in [5, 5.41) is 0.561. The fourth-order valence-electron chi connectivity index (χ4n) is 1.51. The molecule has 0 aromatic heterocycles. The van der Waals surface area contributed by atoms with Gasteiger partial charge >= 0.3 is 0 Å². The van der Waals surface area contributed by atoms with Crippen molar-refractivity contribution < 1.29 is 9.53 Å². The van der Waals surface area contributed by atoms with Crippen molar-refractivity contribution in [1.29, 1.82) is 0 Å².